The summed E-state index contributed by atoms with van der Waals surface area (Å²) in [5.41, 5.74) is 12.4. The number of fused-ring (bicyclic) bond motifs is 2. The van der Waals surface area contributed by atoms with E-state index in [1.165, 1.54) is 12.1 Å². The zero-order valence-electron chi connectivity index (χ0n) is 20.2. The molecule has 1 fully saturated rings. The molecule has 0 amide bonds. The number of likely N-dealkylation sites (tertiary alicyclic amines) is 1. The number of nitrogens with one attached hydrogen (secondary N) is 2. The van der Waals surface area contributed by atoms with E-state index in [0.717, 1.165) is 57.7 Å². The van der Waals surface area contributed by atoms with Gasteiger partial charge in [0.25, 0.3) is 0 Å². The molecule has 9 heteroatoms. The van der Waals surface area contributed by atoms with Gasteiger partial charge in [0.05, 0.1) is 16.7 Å². The fraction of sp³-hybridized carbons (Fsp3) is 0.143. The van der Waals surface area contributed by atoms with Crippen LogP contribution in [0.15, 0.2) is 78.5 Å². The van der Waals surface area contributed by atoms with E-state index >= 15 is 0 Å². The molecular weight excluding hydrogens is 467 g/mol. The number of halogens is 1. The molecule has 0 spiro atoms. The Kier molecular flexibility index (Phi) is 5.61. The molecule has 184 valence electrons. The fourth-order valence-corrected chi connectivity index (χ4v) is 4.61. The summed E-state index contributed by atoms with van der Waals surface area (Å²) in [5.74, 6) is 1.11. The third-order valence-electron chi connectivity index (χ3n) is 6.56. The molecule has 2 aromatic carbocycles. The number of H-pyrrole nitrogens is 2. The molecule has 1 aliphatic heterocycles. The van der Waals surface area contributed by atoms with Crippen molar-refractivity contribution in [1.29, 1.82) is 0 Å². The molecule has 0 aliphatic carbocycles. The van der Waals surface area contributed by atoms with Gasteiger partial charge in [0.1, 0.15) is 17.3 Å². The van der Waals surface area contributed by atoms with Crippen LogP contribution < -0.4 is 5.73 Å². The number of aromatic nitrogens is 5. The standard InChI is InChI=1S/C28H25FN8/c1-3-22(32-24(4-2)37-14-19(30)15-37)17-7-10-23-21(13-17)26(36-35-23)28-33-25-20(11-12-31-27(25)34-28)16-5-8-18(29)9-6-16/h3-13,19H,2,14-15,30H2,1H3,(H,35,36)(H,31,33,34)/b22-3-,32-24?. The molecule has 0 radical (unpaired) electrons. The van der Waals surface area contributed by atoms with E-state index in [-0.39, 0.29) is 11.9 Å². The smallest absolute Gasteiger partial charge is 0.178 e. The average Bonchev–Trinajstić information content (AvgIpc) is 3.52. The van der Waals surface area contributed by atoms with Gasteiger partial charge >= 0.3 is 0 Å². The first-order chi connectivity index (χ1) is 18.0. The highest BCUT2D eigenvalue weighted by Gasteiger charge is 2.25. The van der Waals surface area contributed by atoms with E-state index in [1.54, 1.807) is 24.4 Å². The van der Waals surface area contributed by atoms with Gasteiger partial charge in [0.15, 0.2) is 11.5 Å². The monoisotopic (exact) mass is 492 g/mol. The summed E-state index contributed by atoms with van der Waals surface area (Å²) in [5, 5.41) is 8.55. The van der Waals surface area contributed by atoms with Crippen LogP contribution in [0.4, 0.5) is 4.39 Å². The minimum Gasteiger partial charge on any atom is -0.353 e. The maximum Gasteiger partial charge on any atom is 0.178 e. The Morgan fingerprint density at radius 2 is 2.00 bits per heavy atom. The summed E-state index contributed by atoms with van der Waals surface area (Å²) in [4.78, 5) is 19.5. The SMILES string of the molecule is C=CC(=N/C(=C\C)c1ccc2[nH]nc(-c3nc4nccc(-c5ccc(F)cc5)c4[nH]3)c2c1)N1CC(N)C1. The molecule has 0 unspecified atom stereocenters. The summed E-state index contributed by atoms with van der Waals surface area (Å²) < 4.78 is 13.5. The first kappa shape index (κ1) is 22.8. The van der Waals surface area contributed by atoms with Crippen LogP contribution in [0.2, 0.25) is 0 Å². The molecule has 5 aromatic rings. The van der Waals surface area contributed by atoms with Crippen molar-refractivity contribution in [1.82, 2.24) is 30.0 Å². The summed E-state index contributed by atoms with van der Waals surface area (Å²) in [6, 6.07) is 14.5. The Morgan fingerprint density at radius 1 is 1.19 bits per heavy atom. The molecule has 37 heavy (non-hydrogen) atoms. The first-order valence-electron chi connectivity index (χ1n) is 12.0. The van der Waals surface area contributed by atoms with Crippen LogP contribution in [-0.4, -0.2) is 55.0 Å². The molecular formula is C28H25FN8. The second kappa shape index (κ2) is 9.11. The van der Waals surface area contributed by atoms with Gasteiger partial charge in [-0.2, -0.15) is 5.10 Å². The van der Waals surface area contributed by atoms with Crippen molar-refractivity contribution in [3.63, 3.8) is 0 Å². The van der Waals surface area contributed by atoms with Crippen molar-refractivity contribution in [3.8, 4) is 22.6 Å². The van der Waals surface area contributed by atoms with Gasteiger partial charge in [-0.3, -0.25) is 5.10 Å². The minimum absolute atomic E-state index is 0.172. The zero-order chi connectivity index (χ0) is 25.5. The van der Waals surface area contributed by atoms with E-state index in [2.05, 4.69) is 37.7 Å². The van der Waals surface area contributed by atoms with Gasteiger partial charge in [-0.15, -0.1) is 0 Å². The number of nitrogens with zero attached hydrogens (tertiary/aromatic N) is 5. The lowest BCUT2D eigenvalue weighted by Crippen LogP contribution is -2.57. The lowest BCUT2D eigenvalue weighted by Gasteiger charge is -2.38. The highest BCUT2D eigenvalue weighted by Crippen LogP contribution is 2.32. The molecule has 6 rings (SSSR count). The maximum atomic E-state index is 13.5. The molecule has 3 aromatic heterocycles. The summed E-state index contributed by atoms with van der Waals surface area (Å²) in [6.45, 7) is 7.43. The second-order valence-corrected chi connectivity index (χ2v) is 9.00. The Morgan fingerprint density at radius 3 is 2.73 bits per heavy atom. The third-order valence-corrected chi connectivity index (χ3v) is 6.56. The molecule has 0 saturated carbocycles. The van der Waals surface area contributed by atoms with Crippen LogP contribution in [-0.2, 0) is 0 Å². The fourth-order valence-electron chi connectivity index (χ4n) is 4.61. The molecule has 1 saturated heterocycles. The first-order valence-corrected chi connectivity index (χ1v) is 12.0. The van der Waals surface area contributed by atoms with E-state index in [4.69, 9.17) is 15.7 Å². The predicted molar refractivity (Wildman–Crippen MR) is 145 cm³/mol. The number of rotatable bonds is 5. The Balaban J connectivity index is 1.41. The van der Waals surface area contributed by atoms with E-state index in [0.29, 0.717) is 17.2 Å². The lowest BCUT2D eigenvalue weighted by molar-refractivity contribution is 0.256. The molecule has 0 atom stereocenters. The van der Waals surface area contributed by atoms with Gasteiger partial charge < -0.3 is 15.6 Å². The summed E-state index contributed by atoms with van der Waals surface area (Å²) >= 11 is 0. The topological polar surface area (TPSA) is 112 Å². The average molecular weight is 493 g/mol. The molecule has 0 bridgehead atoms. The van der Waals surface area contributed by atoms with Crippen LogP contribution in [0.3, 0.4) is 0 Å². The molecule has 4 heterocycles. The third kappa shape index (κ3) is 4.09. The van der Waals surface area contributed by atoms with Crippen molar-refractivity contribution in [2.24, 2.45) is 10.7 Å². The molecule has 8 nitrogen and oxygen atoms in total. The number of benzene rings is 2. The Hall–Kier alpha value is -4.63. The number of nitrogens with two attached hydrogens (primary N) is 1. The predicted octanol–water partition coefficient (Wildman–Crippen LogP) is 4.90. The van der Waals surface area contributed by atoms with Crippen LogP contribution in [0, 0.1) is 5.82 Å². The number of aliphatic imine (C=N–C) groups is 1. The largest absolute Gasteiger partial charge is 0.353 e. The van der Waals surface area contributed by atoms with Crippen molar-refractivity contribution in [2.45, 2.75) is 13.0 Å². The highest BCUT2D eigenvalue weighted by molar-refractivity contribution is 5.99. The van der Waals surface area contributed by atoms with Crippen LogP contribution in [0.5, 0.6) is 0 Å². The highest BCUT2D eigenvalue weighted by atomic mass is 19.1. The zero-order valence-corrected chi connectivity index (χ0v) is 20.2. The number of aromatic amines is 2. The van der Waals surface area contributed by atoms with Gasteiger partial charge in [0, 0.05) is 41.8 Å². The number of imidazole rings is 1. The van der Waals surface area contributed by atoms with E-state index in [9.17, 15) is 4.39 Å². The quantitative estimate of drug-likeness (QED) is 0.239. The van der Waals surface area contributed by atoms with Gasteiger partial charge in [-0.25, -0.2) is 19.4 Å². The number of amidine groups is 1. The Bertz CT molecular complexity index is 1690. The number of allylic oxidation sites excluding steroid dienone is 1. The molecule has 4 N–H and O–H groups in total. The second-order valence-electron chi connectivity index (χ2n) is 9.00. The van der Waals surface area contributed by atoms with E-state index in [1.807, 2.05) is 31.2 Å². The van der Waals surface area contributed by atoms with Crippen molar-refractivity contribution in [3.05, 3.63) is 84.8 Å². The summed E-state index contributed by atoms with van der Waals surface area (Å²) in [7, 11) is 0. The number of hydrogen-bond acceptors (Lipinski definition) is 5. The Labute approximate surface area is 212 Å². The molecule has 1 aliphatic rings. The number of pyridine rings is 1. The van der Waals surface area contributed by atoms with Crippen molar-refractivity contribution >= 4 is 33.6 Å². The minimum atomic E-state index is -0.281. The van der Waals surface area contributed by atoms with Crippen LogP contribution in [0.1, 0.15) is 12.5 Å². The number of hydrogen-bond donors (Lipinski definition) is 3. The van der Waals surface area contributed by atoms with E-state index < -0.39 is 0 Å². The van der Waals surface area contributed by atoms with Crippen molar-refractivity contribution < 1.29 is 4.39 Å². The normalized spacial score (nSPS) is 14.9. The lowest BCUT2D eigenvalue weighted by atomic mass is 10.1. The maximum absolute atomic E-state index is 13.5. The van der Waals surface area contributed by atoms with Gasteiger partial charge in [-0.1, -0.05) is 30.9 Å². The van der Waals surface area contributed by atoms with Gasteiger partial charge in [0.2, 0.25) is 0 Å². The van der Waals surface area contributed by atoms with Crippen LogP contribution in [0.25, 0.3) is 50.4 Å². The van der Waals surface area contributed by atoms with Gasteiger partial charge in [-0.05, 0) is 48.9 Å². The summed E-state index contributed by atoms with van der Waals surface area (Å²) in [6.07, 6.45) is 5.44. The van der Waals surface area contributed by atoms with Crippen molar-refractivity contribution in [2.75, 3.05) is 13.1 Å². The van der Waals surface area contributed by atoms with Crippen LogP contribution >= 0.6 is 0 Å².